The third-order valence-corrected chi connectivity index (χ3v) is 6.15. The Morgan fingerprint density at radius 2 is 2.00 bits per heavy atom. The quantitative estimate of drug-likeness (QED) is 0.417. The molecule has 0 N–H and O–H groups in total. The predicted octanol–water partition coefficient (Wildman–Crippen LogP) is 5.95. The van der Waals surface area contributed by atoms with Gasteiger partial charge in [-0.05, 0) is 47.4 Å². The number of nitrogens with zero attached hydrogens (tertiary/aromatic N) is 3. The first-order valence-corrected chi connectivity index (χ1v) is 10.5. The molecule has 1 fully saturated rings. The molecule has 3 nitrogen and oxygen atoms in total. The Morgan fingerprint density at radius 3 is 2.71 bits per heavy atom. The summed E-state index contributed by atoms with van der Waals surface area (Å²) in [6.07, 6.45) is 3.55. The predicted molar refractivity (Wildman–Crippen MR) is 114 cm³/mol. The van der Waals surface area contributed by atoms with Crippen molar-refractivity contribution in [3.63, 3.8) is 0 Å². The molecular weight excluding hydrogens is 393 g/mol. The molecule has 0 saturated carbocycles. The number of pyridine rings is 1. The molecule has 0 amide bonds. The second-order valence-corrected chi connectivity index (χ2v) is 8.30. The number of fused-ring (bicyclic) bond motifs is 1. The van der Waals surface area contributed by atoms with Gasteiger partial charge in [-0.2, -0.15) is 0 Å². The van der Waals surface area contributed by atoms with Gasteiger partial charge in [0.25, 0.3) is 0 Å². The average Bonchev–Trinajstić information content (AvgIpc) is 3.10. The van der Waals surface area contributed by atoms with Gasteiger partial charge in [-0.25, -0.2) is 14.4 Å². The standard InChI is InChI=1S/C22H17ClFN3S/c23-17-4-1-3-15(10-17)20-21(24)16(11-18-22(20)26-13-28-18)9-14-5-6-19(25-12-14)27-7-2-8-27/h1,3-6,10-13H,2,7-9H2. The monoisotopic (exact) mass is 409 g/mol. The van der Waals surface area contributed by atoms with E-state index in [-0.39, 0.29) is 5.82 Å². The number of thiazole rings is 1. The lowest BCUT2D eigenvalue weighted by atomic mass is 9.97. The summed E-state index contributed by atoms with van der Waals surface area (Å²) in [5.41, 5.74) is 5.33. The zero-order chi connectivity index (χ0) is 19.1. The van der Waals surface area contributed by atoms with Crippen LogP contribution in [0.25, 0.3) is 21.3 Å². The molecule has 3 heterocycles. The van der Waals surface area contributed by atoms with E-state index in [1.54, 1.807) is 17.6 Å². The summed E-state index contributed by atoms with van der Waals surface area (Å²) in [5, 5.41) is 0.580. The molecule has 5 rings (SSSR count). The van der Waals surface area contributed by atoms with Gasteiger partial charge in [0.15, 0.2) is 0 Å². The fourth-order valence-electron chi connectivity index (χ4n) is 3.54. The van der Waals surface area contributed by atoms with Crippen LogP contribution in [0.1, 0.15) is 17.5 Å². The summed E-state index contributed by atoms with van der Waals surface area (Å²) < 4.78 is 16.5. The molecule has 1 aliphatic heterocycles. The van der Waals surface area contributed by atoms with E-state index in [0.29, 0.717) is 28.1 Å². The van der Waals surface area contributed by atoms with Crippen LogP contribution in [-0.2, 0) is 6.42 Å². The highest BCUT2D eigenvalue weighted by molar-refractivity contribution is 7.16. The Bertz CT molecular complexity index is 1150. The maximum absolute atomic E-state index is 15.5. The van der Waals surface area contributed by atoms with Crippen LogP contribution in [0.5, 0.6) is 0 Å². The molecule has 0 aliphatic carbocycles. The minimum atomic E-state index is -0.243. The van der Waals surface area contributed by atoms with Gasteiger partial charge in [0.1, 0.15) is 11.6 Å². The number of hydrogen-bond donors (Lipinski definition) is 0. The molecule has 0 unspecified atom stereocenters. The molecule has 0 atom stereocenters. The normalized spacial score (nSPS) is 13.7. The van der Waals surface area contributed by atoms with Crippen LogP contribution in [0.3, 0.4) is 0 Å². The van der Waals surface area contributed by atoms with Crippen molar-refractivity contribution in [2.45, 2.75) is 12.8 Å². The molecule has 4 aromatic rings. The summed E-state index contributed by atoms with van der Waals surface area (Å²) in [6, 6.07) is 13.2. The maximum Gasteiger partial charge on any atom is 0.136 e. The number of benzene rings is 2. The van der Waals surface area contributed by atoms with Crippen LogP contribution in [0.2, 0.25) is 5.02 Å². The number of halogens is 2. The van der Waals surface area contributed by atoms with Gasteiger partial charge in [0.05, 0.1) is 15.7 Å². The lowest BCUT2D eigenvalue weighted by Gasteiger charge is -2.31. The fraction of sp³-hybridized carbons (Fsp3) is 0.182. The van der Waals surface area contributed by atoms with E-state index in [2.05, 4.69) is 14.9 Å². The minimum absolute atomic E-state index is 0.243. The third kappa shape index (κ3) is 3.15. The molecule has 0 bridgehead atoms. The van der Waals surface area contributed by atoms with E-state index >= 15 is 4.39 Å². The molecule has 6 heteroatoms. The fourth-order valence-corrected chi connectivity index (χ4v) is 4.48. The van der Waals surface area contributed by atoms with Crippen molar-refractivity contribution in [3.05, 3.63) is 76.1 Å². The van der Waals surface area contributed by atoms with Crippen molar-refractivity contribution in [2.75, 3.05) is 18.0 Å². The van der Waals surface area contributed by atoms with Gasteiger partial charge >= 0.3 is 0 Å². The van der Waals surface area contributed by atoms with Gasteiger partial charge in [0.2, 0.25) is 0 Å². The molecule has 28 heavy (non-hydrogen) atoms. The van der Waals surface area contributed by atoms with Crippen molar-refractivity contribution >= 4 is 39.0 Å². The molecule has 0 radical (unpaired) electrons. The smallest absolute Gasteiger partial charge is 0.136 e. The lowest BCUT2D eigenvalue weighted by molar-refractivity contribution is 0.609. The van der Waals surface area contributed by atoms with E-state index in [1.807, 2.05) is 36.5 Å². The number of aromatic nitrogens is 2. The topological polar surface area (TPSA) is 29.0 Å². The second-order valence-electron chi connectivity index (χ2n) is 6.98. The molecule has 0 spiro atoms. The second kappa shape index (κ2) is 7.15. The maximum atomic E-state index is 15.5. The highest BCUT2D eigenvalue weighted by Gasteiger charge is 2.19. The Balaban J connectivity index is 1.55. The van der Waals surface area contributed by atoms with Crippen molar-refractivity contribution in [2.24, 2.45) is 0 Å². The minimum Gasteiger partial charge on any atom is -0.356 e. The average molecular weight is 410 g/mol. The zero-order valence-corrected chi connectivity index (χ0v) is 16.6. The first-order chi connectivity index (χ1) is 13.7. The molecular formula is C22H17ClFN3S. The van der Waals surface area contributed by atoms with Crippen molar-refractivity contribution in [1.29, 1.82) is 0 Å². The Morgan fingerprint density at radius 1 is 1.11 bits per heavy atom. The molecule has 140 valence electrons. The SMILES string of the molecule is Fc1c(Cc2ccc(N3CCC3)nc2)cc2scnc2c1-c1cccc(Cl)c1. The van der Waals surface area contributed by atoms with Crippen LogP contribution in [-0.4, -0.2) is 23.1 Å². The Kier molecular flexibility index (Phi) is 4.49. The van der Waals surface area contributed by atoms with Crippen molar-refractivity contribution in [3.8, 4) is 11.1 Å². The van der Waals surface area contributed by atoms with E-state index in [9.17, 15) is 0 Å². The molecule has 2 aromatic carbocycles. The highest BCUT2D eigenvalue weighted by atomic mass is 35.5. The molecule has 2 aromatic heterocycles. The van der Waals surface area contributed by atoms with Crippen molar-refractivity contribution < 1.29 is 4.39 Å². The summed E-state index contributed by atoms with van der Waals surface area (Å²) in [5.74, 6) is 0.750. The lowest BCUT2D eigenvalue weighted by Crippen LogP contribution is -2.37. The first-order valence-electron chi connectivity index (χ1n) is 9.19. The van der Waals surface area contributed by atoms with Gasteiger partial charge in [-0.15, -0.1) is 11.3 Å². The van der Waals surface area contributed by atoms with Crippen molar-refractivity contribution in [1.82, 2.24) is 9.97 Å². The van der Waals surface area contributed by atoms with Crippen LogP contribution >= 0.6 is 22.9 Å². The molecule has 1 saturated heterocycles. The largest absolute Gasteiger partial charge is 0.356 e. The van der Waals surface area contributed by atoms with Gasteiger partial charge in [-0.3, -0.25) is 0 Å². The first kappa shape index (κ1) is 17.6. The van der Waals surface area contributed by atoms with Crippen LogP contribution in [0, 0.1) is 5.82 Å². The summed E-state index contributed by atoms with van der Waals surface area (Å²) in [6.45, 7) is 2.12. The Hall–Kier alpha value is -2.50. The van der Waals surface area contributed by atoms with Crippen LogP contribution < -0.4 is 4.90 Å². The van der Waals surface area contributed by atoms with Crippen LogP contribution in [0.15, 0.2) is 54.2 Å². The molecule has 1 aliphatic rings. The van der Waals surface area contributed by atoms with E-state index in [1.165, 1.54) is 17.8 Å². The van der Waals surface area contributed by atoms with Gasteiger partial charge in [0, 0.05) is 36.3 Å². The van der Waals surface area contributed by atoms with E-state index in [0.717, 1.165) is 34.7 Å². The highest BCUT2D eigenvalue weighted by Crippen LogP contribution is 2.36. The summed E-state index contributed by atoms with van der Waals surface area (Å²) in [7, 11) is 0. The van der Waals surface area contributed by atoms with E-state index in [4.69, 9.17) is 11.6 Å². The Labute approximate surface area is 171 Å². The van der Waals surface area contributed by atoms with E-state index < -0.39 is 0 Å². The van der Waals surface area contributed by atoms with Gasteiger partial charge in [-0.1, -0.05) is 29.8 Å². The van der Waals surface area contributed by atoms with Crippen LogP contribution in [0.4, 0.5) is 10.2 Å². The summed E-state index contributed by atoms with van der Waals surface area (Å²) in [4.78, 5) is 11.2. The van der Waals surface area contributed by atoms with Gasteiger partial charge < -0.3 is 4.90 Å². The number of anilines is 1. The summed E-state index contributed by atoms with van der Waals surface area (Å²) >= 11 is 7.66. The third-order valence-electron chi connectivity index (χ3n) is 5.14. The number of hydrogen-bond acceptors (Lipinski definition) is 4. The zero-order valence-electron chi connectivity index (χ0n) is 15.0. The number of rotatable bonds is 4.